The van der Waals surface area contributed by atoms with E-state index < -0.39 is 0 Å². The molecule has 0 spiro atoms. The minimum atomic E-state index is 0.411. The Kier molecular flexibility index (Phi) is 5.87. The molecule has 20 heavy (non-hydrogen) atoms. The van der Waals surface area contributed by atoms with Gasteiger partial charge in [0.2, 0.25) is 0 Å². The van der Waals surface area contributed by atoms with Crippen LogP contribution < -0.4 is 10.5 Å². The first-order chi connectivity index (χ1) is 9.63. The van der Waals surface area contributed by atoms with Crippen molar-refractivity contribution in [2.75, 3.05) is 13.7 Å². The van der Waals surface area contributed by atoms with Gasteiger partial charge in [-0.25, -0.2) is 0 Å². The van der Waals surface area contributed by atoms with Crippen LogP contribution in [0.2, 0.25) is 0 Å². The molecule has 0 aliphatic heterocycles. The summed E-state index contributed by atoms with van der Waals surface area (Å²) in [6.45, 7) is 4.28. The molecule has 1 fully saturated rings. The zero-order valence-corrected chi connectivity index (χ0v) is 14.0. The molecule has 0 atom stereocenters. The van der Waals surface area contributed by atoms with Gasteiger partial charge in [0.15, 0.2) is 0 Å². The Labute approximate surface area is 130 Å². The lowest BCUT2D eigenvalue weighted by atomic mass is 9.90. The van der Waals surface area contributed by atoms with Gasteiger partial charge in [-0.05, 0) is 56.0 Å². The molecule has 1 aromatic rings. The lowest BCUT2D eigenvalue weighted by Gasteiger charge is -2.35. The maximum absolute atomic E-state index is 6.01. The number of benzene rings is 1. The molecule has 0 heterocycles. The largest absolute Gasteiger partial charge is 0.497 e. The van der Waals surface area contributed by atoms with Crippen LogP contribution in [-0.2, 0) is 6.54 Å². The molecule has 2 rings (SSSR count). The van der Waals surface area contributed by atoms with E-state index >= 15 is 0 Å². The van der Waals surface area contributed by atoms with E-state index in [9.17, 15) is 0 Å². The van der Waals surface area contributed by atoms with Gasteiger partial charge < -0.3 is 10.5 Å². The lowest BCUT2D eigenvalue weighted by Crippen LogP contribution is -2.40. The fourth-order valence-electron chi connectivity index (χ4n) is 2.98. The molecule has 3 nitrogen and oxygen atoms in total. The summed E-state index contributed by atoms with van der Waals surface area (Å²) >= 11 is 3.65. The topological polar surface area (TPSA) is 38.5 Å². The quantitative estimate of drug-likeness (QED) is 0.890. The molecule has 1 saturated carbocycles. The second-order valence-corrected chi connectivity index (χ2v) is 6.44. The van der Waals surface area contributed by atoms with Crippen molar-refractivity contribution in [1.82, 2.24) is 4.90 Å². The number of methoxy groups -OCH3 is 1. The summed E-state index contributed by atoms with van der Waals surface area (Å²) in [6.07, 6.45) is 4.74. The summed E-state index contributed by atoms with van der Waals surface area (Å²) in [5.74, 6) is 0.921. The summed E-state index contributed by atoms with van der Waals surface area (Å²) in [5.41, 5.74) is 7.30. The van der Waals surface area contributed by atoms with Crippen LogP contribution in [0, 0.1) is 0 Å². The second-order valence-electron chi connectivity index (χ2n) is 5.59. The van der Waals surface area contributed by atoms with Gasteiger partial charge in [-0.15, -0.1) is 0 Å². The minimum Gasteiger partial charge on any atom is -0.497 e. The average molecular weight is 341 g/mol. The highest BCUT2D eigenvalue weighted by Gasteiger charge is 2.23. The number of hydrogen-bond acceptors (Lipinski definition) is 3. The standard InChI is InChI=1S/C16H25BrN2O/c1-3-19(14-6-4-13(18)5-7-14)11-12-10-15(20-2)8-9-16(12)17/h8-10,13-14H,3-7,11,18H2,1-2H3. The number of hydrogen-bond donors (Lipinski definition) is 1. The summed E-state index contributed by atoms with van der Waals surface area (Å²) in [4.78, 5) is 2.56. The minimum absolute atomic E-state index is 0.411. The normalized spacial score (nSPS) is 23.1. The lowest BCUT2D eigenvalue weighted by molar-refractivity contribution is 0.149. The van der Waals surface area contributed by atoms with Gasteiger partial charge in [0.1, 0.15) is 5.75 Å². The number of nitrogens with two attached hydrogens (primary N) is 1. The van der Waals surface area contributed by atoms with Crippen molar-refractivity contribution in [3.63, 3.8) is 0 Å². The fourth-order valence-corrected chi connectivity index (χ4v) is 3.36. The van der Waals surface area contributed by atoms with E-state index in [1.165, 1.54) is 18.4 Å². The van der Waals surface area contributed by atoms with Crippen molar-refractivity contribution in [2.24, 2.45) is 5.73 Å². The van der Waals surface area contributed by atoms with Gasteiger partial charge in [0, 0.05) is 23.1 Å². The molecule has 0 aromatic heterocycles. The van der Waals surface area contributed by atoms with E-state index in [1.54, 1.807) is 7.11 Å². The Hall–Kier alpha value is -0.580. The summed E-state index contributed by atoms with van der Waals surface area (Å²) in [7, 11) is 1.72. The number of ether oxygens (including phenoxy) is 1. The third-order valence-electron chi connectivity index (χ3n) is 4.29. The Morgan fingerprint density at radius 2 is 2.00 bits per heavy atom. The Bertz CT molecular complexity index is 430. The Morgan fingerprint density at radius 3 is 2.60 bits per heavy atom. The molecule has 0 saturated heterocycles. The summed E-state index contributed by atoms with van der Waals surface area (Å²) in [5, 5.41) is 0. The molecular formula is C16H25BrN2O. The molecule has 0 unspecified atom stereocenters. The van der Waals surface area contributed by atoms with Gasteiger partial charge in [-0.2, -0.15) is 0 Å². The molecule has 2 N–H and O–H groups in total. The number of rotatable bonds is 5. The highest BCUT2D eigenvalue weighted by atomic mass is 79.9. The van der Waals surface area contributed by atoms with Crippen molar-refractivity contribution < 1.29 is 4.74 Å². The van der Waals surface area contributed by atoms with Crippen molar-refractivity contribution in [3.05, 3.63) is 28.2 Å². The predicted octanol–water partition coefficient (Wildman–Crippen LogP) is 3.55. The van der Waals surface area contributed by atoms with Crippen molar-refractivity contribution in [2.45, 2.75) is 51.2 Å². The van der Waals surface area contributed by atoms with Crippen LogP contribution in [-0.4, -0.2) is 30.6 Å². The Balaban J connectivity index is 2.06. The van der Waals surface area contributed by atoms with E-state index in [2.05, 4.69) is 39.9 Å². The third kappa shape index (κ3) is 3.96. The smallest absolute Gasteiger partial charge is 0.119 e. The first-order valence-corrected chi connectivity index (χ1v) is 8.25. The maximum Gasteiger partial charge on any atom is 0.119 e. The summed E-state index contributed by atoms with van der Waals surface area (Å²) in [6, 6.07) is 7.26. The van der Waals surface area contributed by atoms with Crippen LogP contribution in [0.1, 0.15) is 38.2 Å². The van der Waals surface area contributed by atoms with Crippen molar-refractivity contribution >= 4 is 15.9 Å². The first-order valence-electron chi connectivity index (χ1n) is 7.46. The van der Waals surface area contributed by atoms with E-state index in [0.29, 0.717) is 12.1 Å². The van der Waals surface area contributed by atoms with Crippen LogP contribution in [0.3, 0.4) is 0 Å². The summed E-state index contributed by atoms with van der Waals surface area (Å²) < 4.78 is 6.49. The van der Waals surface area contributed by atoms with Crippen LogP contribution >= 0.6 is 15.9 Å². The van der Waals surface area contributed by atoms with Crippen molar-refractivity contribution in [1.29, 1.82) is 0 Å². The van der Waals surface area contributed by atoms with E-state index in [-0.39, 0.29) is 0 Å². The molecule has 0 bridgehead atoms. The number of halogens is 1. The molecular weight excluding hydrogens is 316 g/mol. The van der Waals surface area contributed by atoms with Gasteiger partial charge in [-0.1, -0.05) is 22.9 Å². The highest BCUT2D eigenvalue weighted by Crippen LogP contribution is 2.27. The fraction of sp³-hybridized carbons (Fsp3) is 0.625. The van der Waals surface area contributed by atoms with Crippen LogP contribution in [0.25, 0.3) is 0 Å². The van der Waals surface area contributed by atoms with Crippen molar-refractivity contribution in [3.8, 4) is 5.75 Å². The van der Waals surface area contributed by atoms with Crippen LogP contribution in [0.5, 0.6) is 5.75 Å². The molecule has 4 heteroatoms. The highest BCUT2D eigenvalue weighted by molar-refractivity contribution is 9.10. The van der Waals surface area contributed by atoms with E-state index in [0.717, 1.165) is 36.2 Å². The van der Waals surface area contributed by atoms with E-state index in [4.69, 9.17) is 10.5 Å². The van der Waals surface area contributed by atoms with Gasteiger partial charge in [-0.3, -0.25) is 4.90 Å². The van der Waals surface area contributed by atoms with Crippen LogP contribution in [0.4, 0.5) is 0 Å². The van der Waals surface area contributed by atoms with Gasteiger partial charge in [0.25, 0.3) is 0 Å². The average Bonchev–Trinajstić information content (AvgIpc) is 2.47. The zero-order valence-electron chi connectivity index (χ0n) is 12.4. The second kappa shape index (κ2) is 7.43. The SMILES string of the molecule is CCN(Cc1cc(OC)ccc1Br)C1CCC(N)CC1. The zero-order chi connectivity index (χ0) is 14.5. The molecule has 112 valence electrons. The van der Waals surface area contributed by atoms with Gasteiger partial charge >= 0.3 is 0 Å². The maximum atomic E-state index is 6.01. The van der Waals surface area contributed by atoms with E-state index in [1.807, 2.05) is 6.07 Å². The molecule has 1 aromatic carbocycles. The molecule has 1 aliphatic carbocycles. The first kappa shape index (κ1) is 15.8. The van der Waals surface area contributed by atoms with Crippen LogP contribution in [0.15, 0.2) is 22.7 Å². The Morgan fingerprint density at radius 1 is 1.30 bits per heavy atom. The molecule has 1 aliphatic rings. The number of nitrogens with zero attached hydrogens (tertiary/aromatic N) is 1. The molecule has 0 amide bonds. The van der Waals surface area contributed by atoms with Gasteiger partial charge in [0.05, 0.1) is 7.11 Å². The third-order valence-corrected chi connectivity index (χ3v) is 5.06. The molecule has 0 radical (unpaired) electrons. The predicted molar refractivity (Wildman–Crippen MR) is 87.0 cm³/mol. The monoisotopic (exact) mass is 340 g/mol.